The average molecular weight is 705 g/mol. The van der Waals surface area contributed by atoms with Gasteiger partial charge in [-0.05, 0) is 92.3 Å². The molecule has 4 aromatic rings. The maximum absolute atomic E-state index is 13.8. The minimum Gasteiger partial charge on any atom is -0.381 e. The number of carbonyl (C=O) groups is 2. The number of likely N-dealkylation sites (tertiary alicyclic amines) is 1. The number of hydrogen-bond donors (Lipinski definition) is 4. The van der Waals surface area contributed by atoms with Gasteiger partial charge in [0.1, 0.15) is 5.41 Å². The van der Waals surface area contributed by atoms with E-state index in [0.29, 0.717) is 44.4 Å². The molecule has 0 spiro atoms. The molecule has 11 heteroatoms. The van der Waals surface area contributed by atoms with E-state index in [1.54, 1.807) is 0 Å². The van der Waals surface area contributed by atoms with Crippen molar-refractivity contribution in [2.75, 3.05) is 31.6 Å². The van der Waals surface area contributed by atoms with Gasteiger partial charge in [-0.1, -0.05) is 37.3 Å². The number of benzene rings is 2. The number of aromatic nitrogens is 3. The van der Waals surface area contributed by atoms with E-state index in [-0.39, 0.29) is 17.9 Å². The third-order valence-corrected chi connectivity index (χ3v) is 11.8. The Kier molecular flexibility index (Phi) is 9.76. The van der Waals surface area contributed by atoms with Crippen LogP contribution in [0.2, 0.25) is 0 Å². The number of piperazine rings is 1. The number of amides is 2. The summed E-state index contributed by atoms with van der Waals surface area (Å²) in [5.74, 6) is -0.436. The van der Waals surface area contributed by atoms with Crippen molar-refractivity contribution in [2.45, 2.75) is 104 Å². The Morgan fingerprint density at radius 2 is 1.83 bits per heavy atom. The first-order valence-corrected chi connectivity index (χ1v) is 19.3. The van der Waals surface area contributed by atoms with E-state index in [4.69, 9.17) is 9.72 Å². The molecule has 3 aliphatic heterocycles. The number of fused-ring (bicyclic) bond motifs is 3. The Morgan fingerprint density at radius 3 is 2.54 bits per heavy atom. The average Bonchev–Trinajstić information content (AvgIpc) is 3.46. The quantitative estimate of drug-likeness (QED) is 0.146. The lowest BCUT2D eigenvalue weighted by molar-refractivity contribution is -0.137. The molecule has 4 fully saturated rings. The second-order valence-corrected chi connectivity index (χ2v) is 15.2. The molecule has 274 valence electrons. The van der Waals surface area contributed by atoms with Gasteiger partial charge in [-0.25, -0.2) is 9.67 Å². The lowest BCUT2D eigenvalue weighted by atomic mass is 9.96. The molecule has 3 saturated heterocycles. The summed E-state index contributed by atoms with van der Waals surface area (Å²) < 4.78 is 7.53. The Hall–Kier alpha value is -4.32. The predicted molar refractivity (Wildman–Crippen MR) is 203 cm³/mol. The first-order chi connectivity index (χ1) is 25.3. The molecular weight excluding hydrogens is 653 g/mol. The Bertz CT molecular complexity index is 1960. The fourth-order valence-corrected chi connectivity index (χ4v) is 8.47. The van der Waals surface area contributed by atoms with Crippen LogP contribution in [-0.4, -0.2) is 75.9 Å². The number of carbonyl (C=O) groups excluding carboxylic acids is 2. The van der Waals surface area contributed by atoms with Gasteiger partial charge in [0.2, 0.25) is 11.8 Å². The molecule has 2 amide bonds. The van der Waals surface area contributed by atoms with Crippen molar-refractivity contribution >= 4 is 28.5 Å². The van der Waals surface area contributed by atoms with Gasteiger partial charge in [-0.15, -0.1) is 0 Å². The summed E-state index contributed by atoms with van der Waals surface area (Å²) >= 11 is 0. The van der Waals surface area contributed by atoms with Gasteiger partial charge >= 0.3 is 0 Å². The number of nitrogens with one attached hydrogen (secondary N) is 4. The first kappa shape index (κ1) is 34.7. The van der Waals surface area contributed by atoms with E-state index in [2.05, 4.69) is 94.5 Å². The smallest absolute Gasteiger partial charge is 0.235 e. The molecule has 52 heavy (non-hydrogen) atoms. The van der Waals surface area contributed by atoms with Crippen LogP contribution in [-0.2, 0) is 46.9 Å². The van der Waals surface area contributed by atoms with Gasteiger partial charge in [0, 0.05) is 81.9 Å². The zero-order valence-electron chi connectivity index (χ0n) is 30.8. The highest BCUT2D eigenvalue weighted by Crippen LogP contribution is 2.46. The summed E-state index contributed by atoms with van der Waals surface area (Å²) in [4.78, 5) is 35.1. The van der Waals surface area contributed by atoms with Crippen molar-refractivity contribution in [3.05, 3.63) is 76.6 Å². The van der Waals surface area contributed by atoms with Crippen molar-refractivity contribution < 1.29 is 14.3 Å². The number of hydrogen-bond acceptors (Lipinski definition) is 8. The third-order valence-electron chi connectivity index (χ3n) is 11.8. The van der Waals surface area contributed by atoms with Gasteiger partial charge in [-0.2, -0.15) is 5.10 Å². The van der Waals surface area contributed by atoms with Crippen LogP contribution in [0, 0.1) is 12.3 Å². The van der Waals surface area contributed by atoms with E-state index in [0.717, 1.165) is 85.8 Å². The highest BCUT2D eigenvalue weighted by Gasteiger charge is 2.56. The van der Waals surface area contributed by atoms with E-state index >= 15 is 0 Å². The molecule has 4 N–H and O–H groups in total. The molecule has 4 aliphatic rings. The van der Waals surface area contributed by atoms with Crippen LogP contribution in [0.3, 0.4) is 0 Å². The number of anilines is 1. The monoisotopic (exact) mass is 704 g/mol. The summed E-state index contributed by atoms with van der Waals surface area (Å²) in [7, 11) is 0. The van der Waals surface area contributed by atoms with Gasteiger partial charge in [0.15, 0.2) is 5.65 Å². The molecule has 0 radical (unpaired) electrons. The predicted octanol–water partition coefficient (Wildman–Crippen LogP) is 4.84. The summed E-state index contributed by atoms with van der Waals surface area (Å²) in [5.41, 5.74) is 8.56. The van der Waals surface area contributed by atoms with Crippen LogP contribution in [0.15, 0.2) is 48.7 Å². The fourth-order valence-electron chi connectivity index (χ4n) is 8.47. The van der Waals surface area contributed by atoms with E-state index in [9.17, 15) is 9.59 Å². The number of nitrogens with zero attached hydrogens (tertiary/aromatic N) is 4. The van der Waals surface area contributed by atoms with E-state index in [1.165, 1.54) is 28.7 Å². The number of ether oxygens (including phenoxy) is 1. The number of rotatable bonds is 13. The summed E-state index contributed by atoms with van der Waals surface area (Å²) in [6, 6.07) is 16.8. The van der Waals surface area contributed by atoms with Crippen LogP contribution < -0.4 is 21.3 Å². The van der Waals surface area contributed by atoms with Crippen molar-refractivity contribution in [1.29, 1.82) is 0 Å². The minimum absolute atomic E-state index is 0.211. The second-order valence-electron chi connectivity index (χ2n) is 15.2. The summed E-state index contributed by atoms with van der Waals surface area (Å²) in [6.07, 6.45) is 6.74. The third kappa shape index (κ3) is 6.81. The maximum atomic E-state index is 13.8. The van der Waals surface area contributed by atoms with Crippen LogP contribution in [0.5, 0.6) is 0 Å². The van der Waals surface area contributed by atoms with Crippen molar-refractivity contribution in [2.24, 2.45) is 5.41 Å². The zero-order valence-corrected chi connectivity index (χ0v) is 30.8. The molecule has 2 bridgehead atoms. The Labute approximate surface area is 306 Å². The molecule has 2 atom stereocenters. The van der Waals surface area contributed by atoms with Crippen LogP contribution in [0.1, 0.15) is 73.9 Å². The molecule has 5 heterocycles. The molecule has 1 saturated carbocycles. The highest BCUT2D eigenvalue weighted by atomic mass is 16.5. The lowest BCUT2D eigenvalue weighted by Gasteiger charge is -2.27. The topological polar surface area (TPSA) is 125 Å². The normalized spacial score (nSPS) is 21.1. The molecule has 0 unspecified atom stereocenters. The molecule has 8 rings (SSSR count). The fraction of sp³-hybridized carbons (Fsp3) is 0.512. The van der Waals surface area contributed by atoms with Crippen LogP contribution in [0.4, 0.5) is 5.69 Å². The van der Waals surface area contributed by atoms with Gasteiger partial charge in [0.25, 0.3) is 0 Å². The number of aryl methyl sites for hydroxylation is 3. The van der Waals surface area contributed by atoms with Gasteiger partial charge < -0.3 is 26.0 Å². The molecular formula is C41H52N8O3. The summed E-state index contributed by atoms with van der Waals surface area (Å²) in [5, 5.41) is 19.2. The Morgan fingerprint density at radius 1 is 1.02 bits per heavy atom. The minimum atomic E-state index is -1.04. The second kappa shape index (κ2) is 14.6. The van der Waals surface area contributed by atoms with Crippen LogP contribution >= 0.6 is 0 Å². The van der Waals surface area contributed by atoms with Gasteiger partial charge in [0.05, 0.1) is 17.3 Å². The first-order valence-electron chi connectivity index (χ1n) is 19.3. The Balaban J connectivity index is 0.939. The van der Waals surface area contributed by atoms with Crippen LogP contribution in [0.25, 0.3) is 22.2 Å². The van der Waals surface area contributed by atoms with E-state index < -0.39 is 5.41 Å². The molecule has 2 aromatic carbocycles. The molecule has 11 nitrogen and oxygen atoms in total. The zero-order chi connectivity index (χ0) is 35.8. The van der Waals surface area contributed by atoms with Crippen molar-refractivity contribution in [3.8, 4) is 11.1 Å². The highest BCUT2D eigenvalue weighted by molar-refractivity contribution is 6.08. The lowest BCUT2D eigenvalue weighted by Crippen LogP contribution is -2.42. The van der Waals surface area contributed by atoms with E-state index in [1.807, 2.05) is 10.9 Å². The van der Waals surface area contributed by atoms with Gasteiger partial charge in [-0.3, -0.25) is 14.5 Å². The van der Waals surface area contributed by atoms with Crippen molar-refractivity contribution in [1.82, 2.24) is 35.6 Å². The largest absolute Gasteiger partial charge is 0.381 e. The van der Waals surface area contributed by atoms with Crippen molar-refractivity contribution in [3.63, 3.8) is 0 Å². The summed E-state index contributed by atoms with van der Waals surface area (Å²) in [6.45, 7) is 12.3. The molecule has 1 aliphatic carbocycles. The number of pyridine rings is 1. The molecule has 2 aromatic heterocycles. The SMILES string of the molecule is CCc1nc2c(cnn2CC)c(NC2CCOCC2)c1CNC(=O)C1(C(=O)NCc2ccc(C)c(-c3cccc(CN4C[C@@H]5C[C@H]4CN5)c3)c2)CC1. The standard InChI is InChI=1S/C41H52N8O3/c1-4-36-34(37(46-30-11-15-52-16-12-30)35-23-45-49(5-2)38(35)47-36)22-44-40(51)41(13-14-41)39(50)43-20-27-10-9-26(3)33(18-27)29-8-6-7-28(17-29)24-48-25-31-19-32(48)21-42-31/h6-10,17-18,23,30-32,42H,4-5,11-16,19-22,24-25H2,1-3H3,(H,43,50)(H,44,51)(H,46,47)/t31-,32-/m0/s1. The maximum Gasteiger partial charge on any atom is 0.235 e.